The molecule has 0 bridgehead atoms. The number of carboxylic acid groups (broad SMARTS) is 1. The summed E-state index contributed by atoms with van der Waals surface area (Å²) < 4.78 is 10.5. The van der Waals surface area contributed by atoms with Crippen molar-refractivity contribution in [2.75, 3.05) is 24.9 Å². The van der Waals surface area contributed by atoms with Crippen LogP contribution in [0.5, 0.6) is 11.5 Å². The molecule has 0 spiro atoms. The maximum absolute atomic E-state index is 13.4. The van der Waals surface area contributed by atoms with Crippen molar-refractivity contribution < 1.29 is 58.8 Å². The topological polar surface area (TPSA) is 187 Å². The molecule has 11 nitrogen and oxygen atoms in total. The van der Waals surface area contributed by atoms with E-state index in [1.54, 1.807) is 30.3 Å². The molecule has 210 valence electrons. The number of methoxy groups -OCH3 is 2. The smallest absolute Gasteiger partial charge is 0.870 e. The van der Waals surface area contributed by atoms with E-state index in [9.17, 15) is 19.5 Å². The molecule has 3 amide bonds. The van der Waals surface area contributed by atoms with Crippen LogP contribution in [0.1, 0.15) is 42.5 Å². The molecule has 4 rings (SSSR count). The molecule has 1 fully saturated rings. The summed E-state index contributed by atoms with van der Waals surface area (Å²) >= 11 is 0. The minimum atomic E-state index is -1.06. The van der Waals surface area contributed by atoms with Crippen molar-refractivity contribution in [3.05, 3.63) is 60.2 Å². The first-order valence-electron chi connectivity index (χ1n) is 12.3. The van der Waals surface area contributed by atoms with E-state index in [1.165, 1.54) is 14.2 Å². The molecule has 40 heavy (non-hydrogen) atoms. The van der Waals surface area contributed by atoms with E-state index in [-0.39, 0.29) is 47.0 Å². The molecule has 3 aromatic rings. The van der Waals surface area contributed by atoms with Gasteiger partial charge in [-0.25, -0.2) is 9.59 Å². The van der Waals surface area contributed by atoms with Gasteiger partial charge in [-0.2, -0.15) is 0 Å². The van der Waals surface area contributed by atoms with Gasteiger partial charge in [0.25, 0.3) is 5.91 Å². The normalized spacial score (nSPS) is 13.3. The zero-order chi connectivity index (χ0) is 26.4. The Morgan fingerprint density at radius 2 is 1.50 bits per heavy atom. The van der Waals surface area contributed by atoms with Crippen LogP contribution < -0.4 is 44.3 Å². The van der Waals surface area contributed by atoms with Gasteiger partial charge < -0.3 is 41.5 Å². The first-order chi connectivity index (χ1) is 17.9. The second-order valence-corrected chi connectivity index (χ2v) is 9.08. The number of benzene rings is 3. The van der Waals surface area contributed by atoms with Crippen molar-refractivity contribution in [1.82, 2.24) is 5.32 Å². The average molecular weight is 548 g/mol. The van der Waals surface area contributed by atoms with Gasteiger partial charge in [0.15, 0.2) is 0 Å². The molecule has 0 radical (unpaired) electrons. The van der Waals surface area contributed by atoms with Crippen LogP contribution >= 0.6 is 0 Å². The fourth-order valence-electron chi connectivity index (χ4n) is 4.78. The number of carboxylic acids is 1. The van der Waals surface area contributed by atoms with Crippen molar-refractivity contribution in [2.24, 2.45) is 5.92 Å². The number of aliphatic carboxylic acids is 1. The molecule has 1 saturated carbocycles. The number of anilines is 2. The van der Waals surface area contributed by atoms with Gasteiger partial charge in [0, 0.05) is 6.07 Å². The van der Waals surface area contributed by atoms with Crippen molar-refractivity contribution in [3.63, 3.8) is 0 Å². The van der Waals surface area contributed by atoms with Gasteiger partial charge in [0.1, 0.15) is 17.5 Å². The Morgan fingerprint density at radius 1 is 0.875 bits per heavy atom. The van der Waals surface area contributed by atoms with Gasteiger partial charge in [-0.15, -0.1) is 0 Å². The second-order valence-electron chi connectivity index (χ2n) is 9.08. The quantitative estimate of drug-likeness (QED) is 0.306. The van der Waals surface area contributed by atoms with Crippen LogP contribution in [0.25, 0.3) is 10.8 Å². The van der Waals surface area contributed by atoms with Crippen LogP contribution in [-0.4, -0.2) is 54.2 Å². The molecule has 0 unspecified atom stereocenters. The third-order valence-electron chi connectivity index (χ3n) is 6.71. The first-order valence-corrected chi connectivity index (χ1v) is 12.3. The van der Waals surface area contributed by atoms with Crippen molar-refractivity contribution in [2.45, 2.75) is 38.1 Å². The fraction of sp³-hybridized carbons (Fsp3) is 0.321. The number of amides is 3. The van der Waals surface area contributed by atoms with Crippen LogP contribution in [0.15, 0.2) is 54.6 Å². The number of carbonyl (C=O) groups excluding carboxylic acids is 2. The largest absolute Gasteiger partial charge is 1.00 e. The van der Waals surface area contributed by atoms with Gasteiger partial charge in [-0.3, -0.25) is 4.79 Å². The van der Waals surface area contributed by atoms with Gasteiger partial charge in [-0.1, -0.05) is 43.5 Å². The molecular weight excluding hydrogens is 513 g/mol. The third kappa shape index (κ3) is 8.13. The number of carbonyl (C=O) groups is 3. The molecule has 0 heterocycles. The van der Waals surface area contributed by atoms with Crippen LogP contribution in [-0.2, 0) is 4.79 Å². The average Bonchev–Trinajstić information content (AvgIpc) is 2.91. The summed E-state index contributed by atoms with van der Waals surface area (Å²) in [5.74, 6) is -0.760. The molecule has 7 N–H and O–H groups in total. The molecule has 1 aliphatic rings. The number of urea groups is 1. The zero-order valence-corrected chi connectivity index (χ0v) is 22.8. The van der Waals surface area contributed by atoms with Crippen LogP contribution in [0, 0.1) is 5.92 Å². The Balaban J connectivity index is 0.00000267. The molecule has 0 aliphatic heterocycles. The van der Waals surface area contributed by atoms with Gasteiger partial charge in [-0.05, 0) is 53.8 Å². The van der Waals surface area contributed by atoms with Gasteiger partial charge in [0.05, 0.1) is 31.2 Å². The Kier molecular flexibility index (Phi) is 13.5. The van der Waals surface area contributed by atoms with Crippen LogP contribution in [0.4, 0.5) is 16.2 Å². The number of ether oxygens (including phenoxy) is 2. The minimum Gasteiger partial charge on any atom is -0.870 e. The number of fused-ring (bicyclic) bond motifs is 1. The second kappa shape index (κ2) is 15.7. The molecule has 0 saturated heterocycles. The molecular formula is C28H34LiN3O8. The van der Waals surface area contributed by atoms with Gasteiger partial charge >= 0.3 is 30.9 Å². The molecule has 12 heteroatoms. The predicted molar refractivity (Wildman–Crippen MR) is 147 cm³/mol. The standard InChI is InChI=1S/C28H31N3O6.Li.2H2O/c1-36-20-12-13-22(24(16-20)37-2)29-28(35)30-23-15-19-11-7-6-10-18(19)14-21(23)26(32)31-25(27(33)34)17-8-4-3-5-9-17;;;/h6-7,10-17,25H,3-5,8-9H2,1-2H3,(H,31,32)(H,33,34)(H2,29,30,35);;2*1H2/q;+1;;/p-1/t25-;;;/m0.../s1. The third-order valence-corrected chi connectivity index (χ3v) is 6.71. The molecule has 1 atom stereocenters. The van der Waals surface area contributed by atoms with E-state index in [1.807, 2.05) is 24.3 Å². The Morgan fingerprint density at radius 3 is 2.10 bits per heavy atom. The van der Waals surface area contributed by atoms with E-state index in [0.29, 0.717) is 17.2 Å². The zero-order valence-electron chi connectivity index (χ0n) is 22.8. The van der Waals surface area contributed by atoms with E-state index >= 15 is 0 Å². The summed E-state index contributed by atoms with van der Waals surface area (Å²) in [7, 11) is 3.01. The maximum Gasteiger partial charge on any atom is 1.00 e. The number of hydrogen-bond donors (Lipinski definition) is 4. The first kappa shape index (κ1) is 34.3. The monoisotopic (exact) mass is 547 g/mol. The van der Waals surface area contributed by atoms with E-state index in [0.717, 1.165) is 42.9 Å². The Bertz CT molecular complexity index is 1310. The maximum atomic E-state index is 13.4. The molecule has 0 aromatic heterocycles. The van der Waals surface area contributed by atoms with E-state index < -0.39 is 23.9 Å². The van der Waals surface area contributed by atoms with E-state index in [2.05, 4.69) is 16.0 Å². The molecule has 3 aromatic carbocycles. The summed E-state index contributed by atoms with van der Waals surface area (Å²) in [5, 5.41) is 19.6. The van der Waals surface area contributed by atoms with E-state index in [4.69, 9.17) is 9.47 Å². The van der Waals surface area contributed by atoms with Crippen molar-refractivity contribution >= 4 is 40.1 Å². The van der Waals surface area contributed by atoms with Crippen LogP contribution in [0.3, 0.4) is 0 Å². The number of rotatable bonds is 8. The Labute approximate surface area is 244 Å². The SMILES string of the molecule is COc1ccc(NC(=O)Nc2cc3ccccc3cc2C(=O)N[C@H](C(=O)O)C2CCCCC2)c(OC)c1.O.[Li+].[OH-]. The summed E-state index contributed by atoms with van der Waals surface area (Å²) in [6, 6.07) is 14.2. The minimum absolute atomic E-state index is 0. The summed E-state index contributed by atoms with van der Waals surface area (Å²) in [5.41, 5.74) is 0.849. The molecule has 1 aliphatic carbocycles. The fourth-order valence-corrected chi connectivity index (χ4v) is 4.78. The van der Waals surface area contributed by atoms with Crippen molar-refractivity contribution in [1.29, 1.82) is 0 Å². The number of hydrogen-bond acceptors (Lipinski definition) is 6. The predicted octanol–water partition coefficient (Wildman–Crippen LogP) is 1.27. The van der Waals surface area contributed by atoms with Gasteiger partial charge in [0.2, 0.25) is 0 Å². The summed E-state index contributed by atoms with van der Waals surface area (Å²) in [4.78, 5) is 38.4. The van der Waals surface area contributed by atoms with Crippen molar-refractivity contribution in [3.8, 4) is 11.5 Å². The Hall–Kier alpha value is -3.75. The summed E-state index contributed by atoms with van der Waals surface area (Å²) in [6.45, 7) is 0. The van der Waals surface area contributed by atoms with Crippen LogP contribution in [0.2, 0.25) is 0 Å². The summed E-state index contributed by atoms with van der Waals surface area (Å²) in [6.07, 6.45) is 4.48. The number of nitrogens with one attached hydrogen (secondary N) is 3.